The van der Waals surface area contributed by atoms with Crippen molar-refractivity contribution in [3.05, 3.63) is 84.0 Å². The molecule has 1 amide bonds. The van der Waals surface area contributed by atoms with E-state index in [-0.39, 0.29) is 5.91 Å². The Morgan fingerprint density at radius 1 is 1.11 bits per heavy atom. The zero-order chi connectivity index (χ0) is 25.5. The molecular weight excluding hydrogens is 494 g/mol. The molecule has 0 aliphatic carbocycles. The molecule has 0 saturated carbocycles. The highest BCUT2D eigenvalue weighted by atomic mass is 35.5. The van der Waals surface area contributed by atoms with Gasteiger partial charge in [0.2, 0.25) is 11.9 Å². The summed E-state index contributed by atoms with van der Waals surface area (Å²) in [5, 5.41) is 9.43. The van der Waals surface area contributed by atoms with Gasteiger partial charge in [0.15, 0.2) is 0 Å². The maximum absolute atomic E-state index is 12.2. The van der Waals surface area contributed by atoms with Gasteiger partial charge >= 0.3 is 0 Å². The Kier molecular flexibility index (Phi) is 8.43. The van der Waals surface area contributed by atoms with Crippen LogP contribution in [0.5, 0.6) is 5.75 Å². The molecular formula is C27H26ClN5O2S. The number of fused-ring (bicyclic) bond motifs is 1. The molecule has 0 radical (unpaired) electrons. The molecule has 3 aromatic carbocycles. The number of ether oxygens (including phenoxy) is 1. The maximum atomic E-state index is 12.2. The van der Waals surface area contributed by atoms with Gasteiger partial charge < -0.3 is 20.3 Å². The minimum absolute atomic E-state index is 0.218. The molecule has 4 rings (SSSR count). The highest BCUT2D eigenvalue weighted by Gasteiger charge is 2.12. The number of benzene rings is 3. The largest absolute Gasteiger partial charge is 0.495 e. The van der Waals surface area contributed by atoms with Crippen molar-refractivity contribution in [2.45, 2.75) is 9.92 Å². The van der Waals surface area contributed by atoms with E-state index in [1.807, 2.05) is 37.2 Å². The third-order valence-corrected chi connectivity index (χ3v) is 6.48. The van der Waals surface area contributed by atoms with Crippen LogP contribution in [0.25, 0.3) is 10.8 Å². The molecule has 0 atom stereocenters. The third kappa shape index (κ3) is 6.75. The first-order valence-electron chi connectivity index (χ1n) is 11.2. The number of carbonyl (C=O) groups is 1. The smallest absolute Gasteiger partial charge is 0.248 e. The van der Waals surface area contributed by atoms with E-state index < -0.39 is 0 Å². The van der Waals surface area contributed by atoms with Gasteiger partial charge in [0.25, 0.3) is 0 Å². The van der Waals surface area contributed by atoms with Crippen LogP contribution in [0.15, 0.2) is 88.9 Å². The van der Waals surface area contributed by atoms with Crippen LogP contribution in [0.2, 0.25) is 5.02 Å². The first-order valence-corrected chi connectivity index (χ1v) is 12.4. The van der Waals surface area contributed by atoms with Gasteiger partial charge in [0, 0.05) is 23.2 Å². The van der Waals surface area contributed by atoms with Crippen molar-refractivity contribution in [1.82, 2.24) is 14.9 Å². The fraction of sp³-hybridized carbons (Fsp3) is 0.148. The minimum Gasteiger partial charge on any atom is -0.495 e. The Labute approximate surface area is 219 Å². The lowest BCUT2D eigenvalue weighted by molar-refractivity contribution is -0.111. The number of halogens is 1. The van der Waals surface area contributed by atoms with Crippen LogP contribution in [0.4, 0.5) is 17.3 Å². The molecule has 2 N–H and O–H groups in total. The number of likely N-dealkylation sites (N-methyl/N-ethyl adjacent to an activating group) is 1. The van der Waals surface area contributed by atoms with Crippen LogP contribution in [0.1, 0.15) is 0 Å². The van der Waals surface area contributed by atoms with Crippen molar-refractivity contribution in [1.29, 1.82) is 0 Å². The lowest BCUT2D eigenvalue weighted by Gasteiger charge is -2.13. The van der Waals surface area contributed by atoms with E-state index in [4.69, 9.17) is 16.3 Å². The molecule has 0 aliphatic rings. The van der Waals surface area contributed by atoms with Crippen LogP contribution >= 0.6 is 23.4 Å². The van der Waals surface area contributed by atoms with E-state index in [0.717, 1.165) is 10.3 Å². The van der Waals surface area contributed by atoms with Gasteiger partial charge in [0.1, 0.15) is 10.8 Å². The van der Waals surface area contributed by atoms with Crippen LogP contribution in [-0.4, -0.2) is 48.5 Å². The summed E-state index contributed by atoms with van der Waals surface area (Å²) in [6, 6.07) is 19.7. The van der Waals surface area contributed by atoms with Gasteiger partial charge in [-0.3, -0.25) is 4.79 Å². The van der Waals surface area contributed by atoms with Crippen molar-refractivity contribution in [2.75, 3.05) is 38.4 Å². The number of amides is 1. The number of carbonyl (C=O) groups excluding carboxylic acids is 1. The first kappa shape index (κ1) is 25.5. The highest BCUT2D eigenvalue weighted by molar-refractivity contribution is 7.99. The van der Waals surface area contributed by atoms with Gasteiger partial charge in [0.05, 0.1) is 24.0 Å². The number of hydrogen-bond acceptors (Lipinski definition) is 7. The van der Waals surface area contributed by atoms with E-state index in [0.29, 0.717) is 39.7 Å². The van der Waals surface area contributed by atoms with Crippen molar-refractivity contribution >= 4 is 57.4 Å². The fourth-order valence-corrected chi connectivity index (χ4v) is 4.42. The molecule has 0 aliphatic heterocycles. The number of rotatable bonds is 9. The Balaban J connectivity index is 1.52. The summed E-state index contributed by atoms with van der Waals surface area (Å²) in [5.41, 5.74) is 1.22. The number of aromatic nitrogens is 2. The summed E-state index contributed by atoms with van der Waals surface area (Å²) in [6.07, 6.45) is 4.87. The van der Waals surface area contributed by atoms with E-state index in [2.05, 4.69) is 44.9 Å². The molecule has 0 saturated heterocycles. The zero-order valence-corrected chi connectivity index (χ0v) is 21.7. The Bertz CT molecular complexity index is 1410. The Morgan fingerprint density at radius 3 is 2.69 bits per heavy atom. The summed E-state index contributed by atoms with van der Waals surface area (Å²) >= 11 is 7.88. The van der Waals surface area contributed by atoms with Crippen LogP contribution < -0.4 is 15.4 Å². The van der Waals surface area contributed by atoms with Crippen LogP contribution in [0, 0.1) is 0 Å². The summed E-state index contributed by atoms with van der Waals surface area (Å²) in [7, 11) is 5.45. The summed E-state index contributed by atoms with van der Waals surface area (Å²) in [6.45, 7) is 0.677. The maximum Gasteiger partial charge on any atom is 0.248 e. The SMILES string of the molecule is COc1ccc(NC(=O)/C=C/CN(C)C)cc1Nc1ncc(Cl)c(Sc2ccc3ccccc3c2)n1. The molecule has 9 heteroatoms. The minimum atomic E-state index is -0.218. The van der Waals surface area contributed by atoms with E-state index in [1.165, 1.54) is 23.2 Å². The number of methoxy groups -OCH3 is 1. The Hall–Kier alpha value is -3.59. The summed E-state index contributed by atoms with van der Waals surface area (Å²) in [5.74, 6) is 0.721. The average molecular weight is 520 g/mol. The summed E-state index contributed by atoms with van der Waals surface area (Å²) < 4.78 is 5.48. The average Bonchev–Trinajstić information content (AvgIpc) is 2.86. The second-order valence-electron chi connectivity index (χ2n) is 8.15. The van der Waals surface area contributed by atoms with Gasteiger partial charge in [-0.1, -0.05) is 59.8 Å². The molecule has 0 unspecified atom stereocenters. The molecule has 36 heavy (non-hydrogen) atoms. The Morgan fingerprint density at radius 2 is 1.92 bits per heavy atom. The lowest BCUT2D eigenvalue weighted by Crippen LogP contribution is -2.13. The topological polar surface area (TPSA) is 79.4 Å². The normalized spacial score (nSPS) is 11.2. The van der Waals surface area contributed by atoms with Gasteiger partial charge in [-0.25, -0.2) is 9.97 Å². The van der Waals surface area contributed by atoms with Gasteiger partial charge in [-0.05, 0) is 55.2 Å². The fourth-order valence-electron chi connectivity index (χ4n) is 3.38. The highest BCUT2D eigenvalue weighted by Crippen LogP contribution is 2.35. The molecule has 184 valence electrons. The third-order valence-electron chi connectivity index (χ3n) is 5.10. The summed E-state index contributed by atoms with van der Waals surface area (Å²) in [4.78, 5) is 24.2. The first-order chi connectivity index (χ1) is 17.4. The second kappa shape index (κ2) is 11.9. The predicted molar refractivity (Wildman–Crippen MR) is 148 cm³/mol. The molecule has 0 fully saturated rings. The van der Waals surface area contributed by atoms with Crippen molar-refractivity contribution in [3.63, 3.8) is 0 Å². The lowest BCUT2D eigenvalue weighted by atomic mass is 10.1. The molecule has 4 aromatic rings. The number of anilines is 3. The molecule has 0 bridgehead atoms. The van der Waals surface area contributed by atoms with Crippen LogP contribution in [-0.2, 0) is 4.79 Å². The van der Waals surface area contributed by atoms with Crippen molar-refractivity contribution in [3.8, 4) is 5.75 Å². The molecule has 1 aromatic heterocycles. The van der Waals surface area contributed by atoms with Crippen molar-refractivity contribution < 1.29 is 9.53 Å². The monoisotopic (exact) mass is 519 g/mol. The molecule has 1 heterocycles. The van der Waals surface area contributed by atoms with E-state index >= 15 is 0 Å². The molecule has 0 spiro atoms. The van der Waals surface area contributed by atoms with Crippen molar-refractivity contribution in [2.24, 2.45) is 0 Å². The standard InChI is InChI=1S/C27H26ClN5O2S/c1-33(2)14-6-9-25(34)30-20-11-13-24(35-3)23(16-20)31-27-29-17-22(28)26(32-27)36-21-12-10-18-7-4-5-8-19(18)15-21/h4-13,15-17H,14H2,1-3H3,(H,30,34)(H,29,31,32)/b9-6+. The number of hydrogen-bond donors (Lipinski definition) is 2. The van der Waals surface area contributed by atoms with E-state index in [9.17, 15) is 4.79 Å². The van der Waals surface area contributed by atoms with Gasteiger partial charge in [-0.2, -0.15) is 0 Å². The second-order valence-corrected chi connectivity index (χ2v) is 9.62. The number of nitrogens with one attached hydrogen (secondary N) is 2. The number of nitrogens with zero attached hydrogens (tertiary/aromatic N) is 3. The predicted octanol–water partition coefficient (Wildman–Crippen LogP) is 6.24. The quantitative estimate of drug-likeness (QED) is 0.200. The molecule has 7 nitrogen and oxygen atoms in total. The zero-order valence-electron chi connectivity index (χ0n) is 20.2. The van der Waals surface area contributed by atoms with E-state index in [1.54, 1.807) is 37.6 Å². The van der Waals surface area contributed by atoms with Crippen LogP contribution in [0.3, 0.4) is 0 Å². The van der Waals surface area contributed by atoms with Gasteiger partial charge in [-0.15, -0.1) is 0 Å².